The first-order valence-corrected chi connectivity index (χ1v) is 6.74. The Hall–Kier alpha value is -0.770. The first-order valence-electron chi connectivity index (χ1n) is 5.99. The van der Waals surface area contributed by atoms with Crippen molar-refractivity contribution >= 4 is 29.1 Å². The summed E-state index contributed by atoms with van der Waals surface area (Å²) in [5.41, 5.74) is 0.588. The van der Waals surface area contributed by atoms with Crippen molar-refractivity contribution in [3.8, 4) is 0 Å². The minimum absolute atomic E-state index is 0.00932. The van der Waals surface area contributed by atoms with E-state index in [0.29, 0.717) is 15.6 Å². The van der Waals surface area contributed by atoms with E-state index in [4.69, 9.17) is 23.2 Å². The molecule has 0 saturated carbocycles. The van der Waals surface area contributed by atoms with E-state index in [-0.39, 0.29) is 18.0 Å². The molecule has 1 fully saturated rings. The lowest BCUT2D eigenvalue weighted by atomic mass is 10.1. The molecule has 2 unspecified atom stereocenters. The largest absolute Gasteiger partial charge is 0.331 e. The van der Waals surface area contributed by atoms with Crippen molar-refractivity contribution in [2.24, 2.45) is 0 Å². The van der Waals surface area contributed by atoms with E-state index in [1.54, 1.807) is 18.2 Å². The number of amides is 1. The highest BCUT2D eigenvalue weighted by atomic mass is 35.5. The molecule has 18 heavy (non-hydrogen) atoms. The van der Waals surface area contributed by atoms with Gasteiger partial charge < -0.3 is 10.2 Å². The van der Waals surface area contributed by atoms with Crippen LogP contribution in [-0.2, 0) is 0 Å². The smallest absolute Gasteiger partial charge is 0.254 e. The highest BCUT2D eigenvalue weighted by Crippen LogP contribution is 2.24. The molecule has 2 atom stereocenters. The Morgan fingerprint density at radius 3 is 2.39 bits per heavy atom. The van der Waals surface area contributed by atoms with Gasteiger partial charge in [0.15, 0.2) is 0 Å². The molecule has 98 valence electrons. The number of carbonyl (C=O) groups is 1. The van der Waals surface area contributed by atoms with Crippen molar-refractivity contribution in [2.45, 2.75) is 25.9 Å². The van der Waals surface area contributed by atoms with E-state index < -0.39 is 0 Å². The number of nitrogens with one attached hydrogen (secondary N) is 1. The van der Waals surface area contributed by atoms with E-state index >= 15 is 0 Å². The summed E-state index contributed by atoms with van der Waals surface area (Å²) < 4.78 is 0. The minimum atomic E-state index is 0.00932. The van der Waals surface area contributed by atoms with E-state index in [9.17, 15) is 4.79 Å². The van der Waals surface area contributed by atoms with Crippen LogP contribution in [0.3, 0.4) is 0 Å². The molecule has 1 aliphatic heterocycles. The molecule has 1 aliphatic rings. The first kappa shape index (κ1) is 13.7. The number of halogens is 2. The van der Waals surface area contributed by atoms with E-state index in [1.165, 1.54) is 0 Å². The molecular formula is C13H16Cl2N2O. The molecule has 1 N–H and O–H groups in total. The zero-order chi connectivity index (χ0) is 13.3. The molecule has 1 aromatic rings. The number of benzene rings is 1. The van der Waals surface area contributed by atoms with Crippen molar-refractivity contribution in [1.29, 1.82) is 0 Å². The number of piperazine rings is 1. The third-order valence-electron chi connectivity index (χ3n) is 3.23. The molecule has 0 aromatic heterocycles. The first-order chi connectivity index (χ1) is 8.50. The molecule has 2 rings (SSSR count). The maximum Gasteiger partial charge on any atom is 0.254 e. The molecule has 1 aromatic carbocycles. The highest BCUT2D eigenvalue weighted by Gasteiger charge is 2.29. The Morgan fingerprint density at radius 2 is 1.83 bits per heavy atom. The standard InChI is InChI=1S/C13H16Cl2N2O/c1-8-6-16-7-9(2)17(8)13(18)10-3-4-11(14)12(15)5-10/h3-5,8-9,16H,6-7H2,1-2H3. The molecule has 1 amide bonds. The second kappa shape index (κ2) is 5.47. The van der Waals surface area contributed by atoms with Gasteiger partial charge in [-0.1, -0.05) is 23.2 Å². The fourth-order valence-electron chi connectivity index (χ4n) is 2.31. The fraction of sp³-hybridized carbons (Fsp3) is 0.462. The summed E-state index contributed by atoms with van der Waals surface area (Å²) in [6.45, 7) is 5.71. The van der Waals surface area contributed by atoms with Crippen LogP contribution in [0.15, 0.2) is 18.2 Å². The van der Waals surface area contributed by atoms with Gasteiger partial charge in [0.2, 0.25) is 0 Å². The third-order valence-corrected chi connectivity index (χ3v) is 3.97. The molecule has 0 bridgehead atoms. The van der Waals surface area contributed by atoms with Gasteiger partial charge in [0, 0.05) is 30.7 Å². The maximum absolute atomic E-state index is 12.5. The van der Waals surface area contributed by atoms with Gasteiger partial charge >= 0.3 is 0 Å². The number of nitrogens with zero attached hydrogens (tertiary/aromatic N) is 1. The summed E-state index contributed by atoms with van der Waals surface area (Å²) in [6.07, 6.45) is 0. The van der Waals surface area contributed by atoms with Crippen LogP contribution < -0.4 is 5.32 Å². The summed E-state index contributed by atoms with van der Waals surface area (Å²) in [5.74, 6) is 0.00932. The molecule has 1 saturated heterocycles. The van der Waals surface area contributed by atoms with E-state index in [2.05, 4.69) is 5.32 Å². The SMILES string of the molecule is CC1CNCC(C)N1C(=O)c1ccc(Cl)c(Cl)c1. The Bertz CT molecular complexity index is 454. The average molecular weight is 287 g/mol. The van der Waals surface area contributed by atoms with Crippen LogP contribution in [0.4, 0.5) is 0 Å². The second-order valence-electron chi connectivity index (χ2n) is 4.70. The van der Waals surface area contributed by atoms with Gasteiger partial charge in [0.05, 0.1) is 10.0 Å². The Morgan fingerprint density at radius 1 is 1.22 bits per heavy atom. The van der Waals surface area contributed by atoms with Gasteiger partial charge in [-0.05, 0) is 32.0 Å². The van der Waals surface area contributed by atoms with Crippen LogP contribution in [0.25, 0.3) is 0 Å². The van der Waals surface area contributed by atoms with Gasteiger partial charge in [0.1, 0.15) is 0 Å². The van der Waals surface area contributed by atoms with Gasteiger partial charge in [-0.3, -0.25) is 4.79 Å². The molecule has 5 heteroatoms. The topological polar surface area (TPSA) is 32.3 Å². The van der Waals surface area contributed by atoms with Crippen molar-refractivity contribution in [3.63, 3.8) is 0 Å². The molecular weight excluding hydrogens is 271 g/mol. The summed E-state index contributed by atoms with van der Waals surface area (Å²) in [4.78, 5) is 14.4. The molecule has 3 nitrogen and oxygen atoms in total. The Kier molecular flexibility index (Phi) is 4.15. The van der Waals surface area contributed by atoms with Crippen LogP contribution in [0.2, 0.25) is 10.0 Å². The predicted molar refractivity (Wildman–Crippen MR) is 74.4 cm³/mol. The third kappa shape index (κ3) is 2.63. The van der Waals surface area contributed by atoms with E-state index in [0.717, 1.165) is 13.1 Å². The Balaban J connectivity index is 2.26. The zero-order valence-electron chi connectivity index (χ0n) is 10.4. The number of hydrogen-bond donors (Lipinski definition) is 1. The van der Waals surface area contributed by atoms with Gasteiger partial charge in [0.25, 0.3) is 5.91 Å². The Labute approximate surface area is 117 Å². The molecule has 0 spiro atoms. The van der Waals surface area contributed by atoms with Gasteiger partial charge in [-0.25, -0.2) is 0 Å². The van der Waals surface area contributed by atoms with Crippen LogP contribution >= 0.6 is 23.2 Å². The minimum Gasteiger partial charge on any atom is -0.331 e. The van der Waals surface area contributed by atoms with Gasteiger partial charge in [-0.2, -0.15) is 0 Å². The van der Waals surface area contributed by atoms with Crippen LogP contribution in [0.1, 0.15) is 24.2 Å². The highest BCUT2D eigenvalue weighted by molar-refractivity contribution is 6.42. The quantitative estimate of drug-likeness (QED) is 0.861. The zero-order valence-corrected chi connectivity index (χ0v) is 11.9. The van der Waals surface area contributed by atoms with Crippen LogP contribution in [0, 0.1) is 0 Å². The fourth-order valence-corrected chi connectivity index (χ4v) is 2.61. The van der Waals surface area contributed by atoms with Crippen LogP contribution in [-0.4, -0.2) is 36.0 Å². The normalized spacial score (nSPS) is 24.1. The lowest BCUT2D eigenvalue weighted by Crippen LogP contribution is -2.57. The summed E-state index contributed by atoms with van der Waals surface area (Å²) in [5, 5.41) is 4.18. The van der Waals surface area contributed by atoms with Crippen molar-refractivity contribution < 1.29 is 4.79 Å². The maximum atomic E-state index is 12.5. The summed E-state index contributed by atoms with van der Waals surface area (Å²) in [6, 6.07) is 5.37. The number of hydrogen-bond acceptors (Lipinski definition) is 2. The molecule has 1 heterocycles. The average Bonchev–Trinajstić information content (AvgIpc) is 2.32. The predicted octanol–water partition coefficient (Wildman–Crippen LogP) is 2.82. The lowest BCUT2D eigenvalue weighted by molar-refractivity contribution is 0.0544. The second-order valence-corrected chi connectivity index (χ2v) is 5.51. The van der Waals surface area contributed by atoms with E-state index in [1.807, 2.05) is 18.7 Å². The number of carbonyl (C=O) groups excluding carboxylic acids is 1. The summed E-state index contributed by atoms with van der Waals surface area (Å²) >= 11 is 11.8. The lowest BCUT2D eigenvalue weighted by Gasteiger charge is -2.39. The molecule has 0 radical (unpaired) electrons. The van der Waals surface area contributed by atoms with Crippen LogP contribution in [0.5, 0.6) is 0 Å². The van der Waals surface area contributed by atoms with Crippen molar-refractivity contribution in [1.82, 2.24) is 10.2 Å². The summed E-state index contributed by atoms with van der Waals surface area (Å²) in [7, 11) is 0. The number of rotatable bonds is 1. The van der Waals surface area contributed by atoms with Crippen molar-refractivity contribution in [2.75, 3.05) is 13.1 Å². The van der Waals surface area contributed by atoms with Gasteiger partial charge in [-0.15, -0.1) is 0 Å². The monoisotopic (exact) mass is 286 g/mol. The van der Waals surface area contributed by atoms with Crippen molar-refractivity contribution in [3.05, 3.63) is 33.8 Å². The molecule has 0 aliphatic carbocycles.